The first-order valence-corrected chi connectivity index (χ1v) is 12.6. The molecule has 1 aliphatic heterocycles. The van der Waals surface area contributed by atoms with E-state index < -0.39 is 12.2 Å². The predicted molar refractivity (Wildman–Crippen MR) is 131 cm³/mol. The normalized spacial score (nSPS) is 20.4. The number of fused-ring (bicyclic) bond motifs is 1. The van der Waals surface area contributed by atoms with E-state index in [4.69, 9.17) is 14.6 Å². The summed E-state index contributed by atoms with van der Waals surface area (Å²) in [5.74, 6) is 0.351. The number of anilines is 1. The molecule has 0 spiro atoms. The van der Waals surface area contributed by atoms with E-state index in [0.717, 1.165) is 0 Å². The molecule has 37 heavy (non-hydrogen) atoms. The van der Waals surface area contributed by atoms with E-state index in [1.807, 2.05) is 4.90 Å². The van der Waals surface area contributed by atoms with E-state index in [1.54, 1.807) is 30.3 Å². The molecule has 198 valence electrons. The van der Waals surface area contributed by atoms with Gasteiger partial charge in [-0.15, -0.1) is 0 Å². The highest BCUT2D eigenvalue weighted by atomic mass is 19.3. The van der Waals surface area contributed by atoms with Crippen LogP contribution in [0.25, 0.3) is 16.9 Å². The number of hydrogen-bond donors (Lipinski definition) is 2. The molecular formula is C25H30F2N6O4. The average Bonchev–Trinajstić information content (AvgIpc) is 3.33. The number of carbonyl (C=O) groups is 1. The van der Waals surface area contributed by atoms with Crippen molar-refractivity contribution in [3.05, 3.63) is 36.2 Å². The fourth-order valence-electron chi connectivity index (χ4n) is 4.85. The van der Waals surface area contributed by atoms with Crippen molar-refractivity contribution in [2.24, 2.45) is 5.92 Å². The Bertz CT molecular complexity index is 1230. The minimum absolute atomic E-state index is 0.0575. The number of halogens is 2. The van der Waals surface area contributed by atoms with E-state index in [1.165, 1.54) is 4.57 Å². The number of aromatic nitrogens is 4. The number of imidazole rings is 1. The summed E-state index contributed by atoms with van der Waals surface area (Å²) < 4.78 is 41.1. The summed E-state index contributed by atoms with van der Waals surface area (Å²) in [6.45, 7) is 2.33. The lowest BCUT2D eigenvalue weighted by atomic mass is 9.87. The number of nitrogens with one attached hydrogen (secondary N) is 1. The molecule has 3 heterocycles. The lowest BCUT2D eigenvalue weighted by Gasteiger charge is -2.29. The van der Waals surface area contributed by atoms with Gasteiger partial charge in [0.2, 0.25) is 17.7 Å². The second-order valence-electron chi connectivity index (χ2n) is 9.16. The fourth-order valence-corrected chi connectivity index (χ4v) is 4.85. The molecular weight excluding hydrogens is 486 g/mol. The van der Waals surface area contributed by atoms with E-state index in [2.05, 4.69) is 20.3 Å². The van der Waals surface area contributed by atoms with Crippen LogP contribution in [0.15, 0.2) is 30.3 Å². The number of carbonyl (C=O) groups excluding carboxylic acids is 1. The van der Waals surface area contributed by atoms with Crippen molar-refractivity contribution in [3.63, 3.8) is 0 Å². The number of morpholine rings is 1. The highest BCUT2D eigenvalue weighted by molar-refractivity contribution is 5.79. The van der Waals surface area contributed by atoms with Crippen molar-refractivity contribution in [1.82, 2.24) is 24.8 Å². The maximum atomic E-state index is 14.0. The van der Waals surface area contributed by atoms with Gasteiger partial charge in [0.1, 0.15) is 11.9 Å². The van der Waals surface area contributed by atoms with Gasteiger partial charge in [-0.3, -0.25) is 9.36 Å². The number of nitrogens with zero attached hydrogens (tertiary/aromatic N) is 5. The molecule has 1 amide bonds. The standard InChI is InChI=1S/C25H30F2N6O4/c26-22(27)23-29-18-3-1-2-4-19(18)33(23)20-15-21(31-25(30-20)32-10-13-36-14-11-32)37-17-7-5-16(6-8-17)24(35)28-9-12-34/h1-4,15-17,22,34H,5-14H2,(H,28,35). The van der Waals surface area contributed by atoms with Gasteiger partial charge < -0.3 is 24.8 Å². The van der Waals surface area contributed by atoms with Crippen LogP contribution in [0.2, 0.25) is 0 Å². The molecule has 12 heteroatoms. The molecule has 2 aromatic heterocycles. The van der Waals surface area contributed by atoms with Crippen molar-refractivity contribution in [1.29, 1.82) is 0 Å². The third-order valence-electron chi connectivity index (χ3n) is 6.73. The second kappa shape index (κ2) is 11.3. The second-order valence-corrected chi connectivity index (χ2v) is 9.16. The Kier molecular flexibility index (Phi) is 7.75. The van der Waals surface area contributed by atoms with Crippen LogP contribution in [-0.2, 0) is 9.53 Å². The molecule has 0 bridgehead atoms. The molecule has 0 unspecified atom stereocenters. The van der Waals surface area contributed by atoms with Crippen LogP contribution in [-0.4, -0.2) is 76.1 Å². The van der Waals surface area contributed by atoms with Gasteiger partial charge in [-0.2, -0.15) is 9.97 Å². The molecule has 5 rings (SSSR count). The average molecular weight is 517 g/mol. The summed E-state index contributed by atoms with van der Waals surface area (Å²) in [7, 11) is 0. The maximum absolute atomic E-state index is 14.0. The zero-order chi connectivity index (χ0) is 25.8. The third kappa shape index (κ3) is 5.64. The molecule has 0 radical (unpaired) electrons. The van der Waals surface area contributed by atoms with Gasteiger partial charge in [0, 0.05) is 31.6 Å². The lowest BCUT2D eigenvalue weighted by molar-refractivity contribution is -0.126. The summed E-state index contributed by atoms with van der Waals surface area (Å²) in [6, 6.07) is 8.52. The van der Waals surface area contributed by atoms with Gasteiger partial charge in [-0.1, -0.05) is 12.1 Å². The number of alkyl halides is 2. The molecule has 10 nitrogen and oxygen atoms in total. The summed E-state index contributed by atoms with van der Waals surface area (Å²) in [5.41, 5.74) is 0.967. The molecule has 2 N–H and O–H groups in total. The molecule has 1 saturated carbocycles. The van der Waals surface area contributed by atoms with Crippen molar-refractivity contribution in [3.8, 4) is 11.7 Å². The monoisotopic (exact) mass is 516 g/mol. The van der Waals surface area contributed by atoms with Gasteiger partial charge >= 0.3 is 0 Å². The van der Waals surface area contributed by atoms with Gasteiger partial charge in [0.15, 0.2) is 5.82 Å². The van der Waals surface area contributed by atoms with E-state index in [0.29, 0.717) is 69.0 Å². The topological polar surface area (TPSA) is 115 Å². The quantitative estimate of drug-likeness (QED) is 0.470. The zero-order valence-electron chi connectivity index (χ0n) is 20.4. The Morgan fingerprint density at radius 2 is 1.89 bits per heavy atom. The largest absolute Gasteiger partial charge is 0.474 e. The highest BCUT2D eigenvalue weighted by Crippen LogP contribution is 2.31. The van der Waals surface area contributed by atoms with Gasteiger partial charge in [0.05, 0.1) is 30.9 Å². The summed E-state index contributed by atoms with van der Waals surface area (Å²) in [4.78, 5) is 27.6. The molecule has 2 aliphatic rings. The molecule has 1 aliphatic carbocycles. The van der Waals surface area contributed by atoms with Crippen LogP contribution in [0.5, 0.6) is 5.88 Å². The number of aliphatic hydroxyl groups is 1. The van der Waals surface area contributed by atoms with Crippen LogP contribution in [0.4, 0.5) is 14.7 Å². The minimum Gasteiger partial charge on any atom is -0.474 e. The first-order chi connectivity index (χ1) is 18.0. The SMILES string of the molecule is O=C(NCCO)C1CCC(Oc2cc(-n3c(C(F)F)nc4ccccc43)nc(N3CCOCC3)n2)CC1. The Morgan fingerprint density at radius 1 is 1.14 bits per heavy atom. The smallest absolute Gasteiger partial charge is 0.296 e. The first kappa shape index (κ1) is 25.3. The fraction of sp³-hybridized carbons (Fsp3) is 0.520. The molecule has 0 atom stereocenters. The van der Waals surface area contributed by atoms with Crippen molar-refractivity contribution < 1.29 is 28.2 Å². The predicted octanol–water partition coefficient (Wildman–Crippen LogP) is 2.64. The Morgan fingerprint density at radius 3 is 2.62 bits per heavy atom. The highest BCUT2D eigenvalue weighted by Gasteiger charge is 2.29. The first-order valence-electron chi connectivity index (χ1n) is 12.6. The molecule has 1 aromatic carbocycles. The van der Waals surface area contributed by atoms with Crippen LogP contribution in [0.1, 0.15) is 37.9 Å². The van der Waals surface area contributed by atoms with Crippen molar-refractivity contribution in [2.75, 3.05) is 44.4 Å². The van der Waals surface area contributed by atoms with Gasteiger partial charge in [-0.25, -0.2) is 13.8 Å². The zero-order valence-corrected chi connectivity index (χ0v) is 20.4. The number of hydrogen-bond acceptors (Lipinski definition) is 8. The number of ether oxygens (including phenoxy) is 2. The van der Waals surface area contributed by atoms with E-state index in [-0.39, 0.29) is 42.8 Å². The molecule has 3 aromatic rings. The third-order valence-corrected chi connectivity index (χ3v) is 6.73. The Balaban J connectivity index is 1.44. The lowest BCUT2D eigenvalue weighted by Crippen LogP contribution is -2.38. The van der Waals surface area contributed by atoms with Crippen LogP contribution in [0, 0.1) is 5.92 Å². The summed E-state index contributed by atoms with van der Waals surface area (Å²) >= 11 is 0. The number of aliphatic hydroxyl groups excluding tert-OH is 1. The number of amides is 1. The van der Waals surface area contributed by atoms with Crippen LogP contribution >= 0.6 is 0 Å². The molecule has 2 fully saturated rings. The van der Waals surface area contributed by atoms with E-state index >= 15 is 0 Å². The van der Waals surface area contributed by atoms with Crippen LogP contribution < -0.4 is 15.0 Å². The number of para-hydroxylation sites is 2. The van der Waals surface area contributed by atoms with Crippen molar-refractivity contribution in [2.45, 2.75) is 38.2 Å². The van der Waals surface area contributed by atoms with Crippen molar-refractivity contribution >= 4 is 22.9 Å². The summed E-state index contributed by atoms with van der Waals surface area (Å²) in [5, 5.41) is 11.7. The van der Waals surface area contributed by atoms with Crippen LogP contribution in [0.3, 0.4) is 0 Å². The van der Waals surface area contributed by atoms with E-state index in [9.17, 15) is 13.6 Å². The Hall–Kier alpha value is -3.38. The van der Waals surface area contributed by atoms with Gasteiger partial charge in [-0.05, 0) is 37.8 Å². The maximum Gasteiger partial charge on any atom is 0.296 e. The number of rotatable bonds is 8. The molecule has 1 saturated heterocycles. The minimum atomic E-state index is -2.80. The number of benzene rings is 1. The summed E-state index contributed by atoms with van der Waals surface area (Å²) in [6.07, 6.45) is -0.364. The van der Waals surface area contributed by atoms with Gasteiger partial charge in [0.25, 0.3) is 6.43 Å². The Labute approximate surface area is 212 Å².